The van der Waals surface area contributed by atoms with Crippen LogP contribution < -0.4 is 20.1 Å². The minimum absolute atomic E-state index is 0.103. The zero-order valence-corrected chi connectivity index (χ0v) is 47.8. The van der Waals surface area contributed by atoms with Gasteiger partial charge in [0.25, 0.3) is 0 Å². The number of anilines is 2. The summed E-state index contributed by atoms with van der Waals surface area (Å²) in [6, 6.07) is 25.1. The predicted molar refractivity (Wildman–Crippen MR) is 319 cm³/mol. The molecular weight excluding hydrogens is 1040 g/mol. The Morgan fingerprint density at radius 3 is 2.17 bits per heavy atom. The molecule has 2 aliphatic heterocycles. The van der Waals surface area contributed by atoms with Gasteiger partial charge in [0.2, 0.25) is 5.91 Å². The van der Waals surface area contributed by atoms with Crippen molar-refractivity contribution in [3.63, 3.8) is 0 Å². The van der Waals surface area contributed by atoms with Crippen LogP contribution >= 0.6 is 0 Å². The van der Waals surface area contributed by atoms with E-state index in [4.69, 9.17) is 38.4 Å². The SMILES string of the molecule is C=Cc1c(C)c2cc3nc(c(CC(=O)NCc4cccc(C#Cc5cccc(Nc6ncnc7cc(OCCOC)c(OCCOC)cc67)c5)c4)c4nc(cc5[nH]c(cc1[nH]2)c(C)c5CC)C(C)=C4C(=O)OC)[C@@H](CCC(=O)OC)[C@@H]3C. The van der Waals surface area contributed by atoms with Crippen molar-refractivity contribution < 1.29 is 42.8 Å². The zero-order chi connectivity index (χ0) is 58.0. The van der Waals surface area contributed by atoms with Gasteiger partial charge in [-0.05, 0) is 116 Å². The number of allylic oxidation sites excluding steroid dienone is 1. The fourth-order valence-electron chi connectivity index (χ4n) is 10.6. The van der Waals surface area contributed by atoms with Gasteiger partial charge in [-0.3, -0.25) is 14.6 Å². The van der Waals surface area contributed by atoms with E-state index in [2.05, 4.69) is 75.8 Å². The fraction of sp³-hybridized carbons (Fsp3) is 0.308. The number of H-pyrrole nitrogens is 2. The molecule has 422 valence electrons. The van der Waals surface area contributed by atoms with Crippen LogP contribution in [0.1, 0.15) is 113 Å². The highest BCUT2D eigenvalue weighted by molar-refractivity contribution is 6.25. The number of methoxy groups -OCH3 is 4. The maximum atomic E-state index is 14.6. The molecule has 17 heteroatoms. The Morgan fingerprint density at radius 1 is 0.756 bits per heavy atom. The smallest absolute Gasteiger partial charge is 0.340 e. The van der Waals surface area contributed by atoms with E-state index in [1.165, 1.54) is 20.5 Å². The zero-order valence-electron chi connectivity index (χ0n) is 47.8. The summed E-state index contributed by atoms with van der Waals surface area (Å²) in [6.45, 7) is 16.0. The number of carbonyl (C=O) groups excluding carboxylic acids is 3. The van der Waals surface area contributed by atoms with Gasteiger partial charge in [-0.2, -0.15) is 0 Å². The summed E-state index contributed by atoms with van der Waals surface area (Å²) < 4.78 is 33.0. The number of rotatable bonds is 20. The van der Waals surface area contributed by atoms with Gasteiger partial charge in [0.05, 0.1) is 62.0 Å². The van der Waals surface area contributed by atoms with E-state index in [0.717, 1.165) is 84.2 Å². The molecule has 2 atom stereocenters. The number of aromatic nitrogens is 6. The first-order valence-electron chi connectivity index (χ1n) is 27.3. The second-order valence-electron chi connectivity index (χ2n) is 20.1. The van der Waals surface area contributed by atoms with Crippen molar-refractivity contribution in [3.05, 3.63) is 159 Å². The molecule has 17 nitrogen and oxygen atoms in total. The van der Waals surface area contributed by atoms with E-state index in [1.54, 1.807) is 14.2 Å². The van der Waals surface area contributed by atoms with Crippen molar-refractivity contribution in [2.45, 2.75) is 78.7 Å². The topological polar surface area (TPSA) is 214 Å². The molecule has 6 heterocycles. The van der Waals surface area contributed by atoms with Gasteiger partial charge >= 0.3 is 11.9 Å². The maximum Gasteiger partial charge on any atom is 0.340 e. The van der Waals surface area contributed by atoms with E-state index in [-0.39, 0.29) is 48.7 Å². The van der Waals surface area contributed by atoms with Gasteiger partial charge in [0, 0.05) is 106 Å². The number of nitrogens with zero attached hydrogens (tertiary/aromatic N) is 4. The van der Waals surface area contributed by atoms with E-state index in [1.807, 2.05) is 92.7 Å². The Kier molecular flexibility index (Phi) is 18.3. The third-order valence-corrected chi connectivity index (χ3v) is 15.0. The normalized spacial score (nSPS) is 13.8. The highest BCUT2D eigenvalue weighted by atomic mass is 16.6. The van der Waals surface area contributed by atoms with Gasteiger partial charge < -0.3 is 49.0 Å². The lowest BCUT2D eigenvalue weighted by atomic mass is 9.84. The number of esters is 2. The molecule has 0 aliphatic carbocycles. The van der Waals surface area contributed by atoms with Crippen LogP contribution in [0.15, 0.2) is 91.8 Å². The molecule has 0 fully saturated rings. The first-order chi connectivity index (χ1) is 39.7. The Labute approximate surface area is 476 Å². The Hall–Kier alpha value is -9.11. The predicted octanol–water partition coefficient (Wildman–Crippen LogP) is 11.1. The van der Waals surface area contributed by atoms with Crippen molar-refractivity contribution in [2.24, 2.45) is 0 Å². The molecule has 2 aliphatic rings. The van der Waals surface area contributed by atoms with Gasteiger partial charge in [0.1, 0.15) is 25.4 Å². The first-order valence-corrected chi connectivity index (χ1v) is 27.3. The van der Waals surface area contributed by atoms with Crippen molar-refractivity contribution >= 4 is 79.5 Å². The number of aryl methyl sites for hydroxylation is 3. The first kappa shape index (κ1) is 57.6. The van der Waals surface area contributed by atoms with Crippen LogP contribution in [0.4, 0.5) is 11.5 Å². The molecule has 9 rings (SSSR count). The molecular formula is C65H68N8O9. The summed E-state index contributed by atoms with van der Waals surface area (Å²) in [4.78, 5) is 68.4. The molecule has 4 N–H and O–H groups in total. The second-order valence-corrected chi connectivity index (χ2v) is 20.1. The summed E-state index contributed by atoms with van der Waals surface area (Å²) in [7, 11) is 5.93. The number of carbonyl (C=O) groups is 3. The highest BCUT2D eigenvalue weighted by Crippen LogP contribution is 2.44. The molecule has 0 saturated heterocycles. The molecule has 8 bridgehead atoms. The lowest BCUT2D eigenvalue weighted by molar-refractivity contribution is -0.140. The molecule has 0 radical (unpaired) electrons. The van der Waals surface area contributed by atoms with Crippen LogP contribution in [-0.2, 0) is 52.7 Å². The Balaban J connectivity index is 1.04. The summed E-state index contributed by atoms with van der Waals surface area (Å²) >= 11 is 0. The van der Waals surface area contributed by atoms with Gasteiger partial charge in [-0.1, -0.05) is 56.5 Å². The van der Waals surface area contributed by atoms with Crippen molar-refractivity contribution in [2.75, 3.05) is 60.2 Å². The van der Waals surface area contributed by atoms with Gasteiger partial charge in [-0.25, -0.2) is 19.7 Å². The number of fused-ring (bicyclic) bond motifs is 9. The number of ether oxygens (including phenoxy) is 6. The largest absolute Gasteiger partial charge is 0.487 e. The number of amides is 1. The quantitative estimate of drug-likeness (QED) is 0.0318. The maximum absolute atomic E-state index is 14.6. The van der Waals surface area contributed by atoms with Crippen LogP contribution in [0.25, 0.3) is 50.2 Å². The number of nitrogens with one attached hydrogen (secondary N) is 4. The minimum atomic E-state index is -0.597. The summed E-state index contributed by atoms with van der Waals surface area (Å²) in [5, 5.41) is 7.30. The standard InChI is InChI=1S/C65H68N8O9/c1-11-45-37(3)50-31-52-39(5)47(21-22-60(75)79-9)62(72-52)49(63-61(65(76)80-10)40(6)53(73-63)33-56-46(12-2)38(4)51(71-56)32-55(45)70-50)30-59(74)66-35-43-17-13-15-41(27-43)19-20-42-16-14-18-44(28-42)69-64-48-29-57(81-25-23-77-7)58(82-26-24-78-8)34-54(48)67-36-68-64/h11,13-18,27-29,31-34,36,39,47,70-71H,1,12,21-26,30,35H2,2-10H3,(H,66,74)(H,67,68,69)/t39-,47-/m0/s1. The van der Waals surface area contributed by atoms with Crippen LogP contribution in [0.3, 0.4) is 0 Å². The van der Waals surface area contributed by atoms with E-state index in [9.17, 15) is 14.4 Å². The lowest BCUT2D eigenvalue weighted by Crippen LogP contribution is -2.26. The molecule has 0 saturated carbocycles. The number of benzene rings is 3. The van der Waals surface area contributed by atoms with E-state index >= 15 is 0 Å². The van der Waals surface area contributed by atoms with Crippen molar-refractivity contribution in [1.29, 1.82) is 0 Å². The number of hydrogen-bond acceptors (Lipinski definition) is 14. The molecule has 0 spiro atoms. The molecule has 0 unspecified atom stereocenters. The summed E-state index contributed by atoms with van der Waals surface area (Å²) in [5.41, 5.74) is 14.8. The third kappa shape index (κ3) is 12.6. The van der Waals surface area contributed by atoms with Crippen LogP contribution in [0.2, 0.25) is 0 Å². The molecule has 7 aromatic rings. The molecule has 3 aromatic carbocycles. The number of hydrogen-bond donors (Lipinski definition) is 4. The highest BCUT2D eigenvalue weighted by Gasteiger charge is 2.36. The average molecular weight is 1110 g/mol. The average Bonchev–Trinajstić information content (AvgIpc) is 3.76. The van der Waals surface area contributed by atoms with E-state index < -0.39 is 5.97 Å². The van der Waals surface area contributed by atoms with Crippen molar-refractivity contribution in [1.82, 2.24) is 35.2 Å². The van der Waals surface area contributed by atoms with Crippen molar-refractivity contribution in [3.8, 4) is 23.3 Å². The summed E-state index contributed by atoms with van der Waals surface area (Å²) in [6.07, 6.45) is 4.35. The molecule has 4 aromatic heterocycles. The minimum Gasteiger partial charge on any atom is -0.487 e. The van der Waals surface area contributed by atoms with Gasteiger partial charge in [0.15, 0.2) is 11.5 Å². The van der Waals surface area contributed by atoms with Crippen LogP contribution in [0, 0.1) is 25.7 Å². The van der Waals surface area contributed by atoms with Gasteiger partial charge in [-0.15, -0.1) is 0 Å². The molecule has 1 amide bonds. The van der Waals surface area contributed by atoms with E-state index in [0.29, 0.717) is 83.9 Å². The second kappa shape index (κ2) is 26.0. The summed E-state index contributed by atoms with van der Waals surface area (Å²) in [5.74, 6) is 6.34. The number of aromatic amines is 2. The Bertz CT molecular complexity index is 3880. The molecule has 82 heavy (non-hydrogen) atoms. The third-order valence-electron chi connectivity index (χ3n) is 15.0. The Morgan fingerprint density at radius 2 is 1.46 bits per heavy atom. The van der Waals surface area contributed by atoms with Crippen LogP contribution in [0.5, 0.6) is 11.5 Å². The monoisotopic (exact) mass is 1100 g/mol. The van der Waals surface area contributed by atoms with Crippen LogP contribution in [-0.4, -0.2) is 103 Å². The fourth-order valence-corrected chi connectivity index (χ4v) is 10.6. The lowest BCUT2D eigenvalue weighted by Gasteiger charge is -2.18.